The first-order valence-electron chi connectivity index (χ1n) is 8.13. The summed E-state index contributed by atoms with van der Waals surface area (Å²) < 4.78 is 18.2. The Labute approximate surface area is 150 Å². The van der Waals surface area contributed by atoms with Crippen LogP contribution in [0.4, 0.5) is 4.39 Å². The number of carbonyl (C=O) groups excluding carboxylic acids is 1. The van der Waals surface area contributed by atoms with Gasteiger partial charge in [0.1, 0.15) is 5.82 Å². The number of carbonyl (C=O) groups is 1. The largest absolute Gasteiger partial charge is 0.402 e. The van der Waals surface area contributed by atoms with E-state index >= 15 is 0 Å². The summed E-state index contributed by atoms with van der Waals surface area (Å²) in [6, 6.07) is 23.5. The maximum absolute atomic E-state index is 13.0. The number of nitrogens with zero attached hydrogens (tertiary/aromatic N) is 1. The zero-order valence-electron chi connectivity index (χ0n) is 13.7. The molecule has 4 heteroatoms. The van der Waals surface area contributed by atoms with Gasteiger partial charge < -0.3 is 4.74 Å². The number of aliphatic imine (C=N–C) groups is 1. The van der Waals surface area contributed by atoms with E-state index in [4.69, 9.17) is 4.74 Å². The van der Waals surface area contributed by atoms with Crippen molar-refractivity contribution in [3.63, 3.8) is 0 Å². The molecule has 0 atom stereocenters. The number of halogens is 1. The average molecular weight is 343 g/mol. The monoisotopic (exact) mass is 343 g/mol. The highest BCUT2D eigenvalue weighted by atomic mass is 19.1. The zero-order valence-corrected chi connectivity index (χ0v) is 13.7. The topological polar surface area (TPSA) is 38.7 Å². The Balaban J connectivity index is 1.60. The van der Waals surface area contributed by atoms with Gasteiger partial charge in [-0.2, -0.15) is 0 Å². The first-order valence-corrected chi connectivity index (χ1v) is 8.13. The Bertz CT molecular complexity index is 1000. The molecule has 3 nitrogen and oxygen atoms in total. The molecule has 3 aromatic carbocycles. The highest BCUT2D eigenvalue weighted by Crippen LogP contribution is 2.23. The minimum Gasteiger partial charge on any atom is -0.402 e. The summed E-state index contributed by atoms with van der Waals surface area (Å²) in [5.74, 6) is -0.580. The van der Waals surface area contributed by atoms with Crippen molar-refractivity contribution >= 4 is 17.9 Å². The van der Waals surface area contributed by atoms with Gasteiger partial charge >= 0.3 is 5.97 Å². The smallest absolute Gasteiger partial charge is 0.363 e. The number of esters is 1. The summed E-state index contributed by atoms with van der Waals surface area (Å²) in [7, 11) is 0. The van der Waals surface area contributed by atoms with Crippen LogP contribution in [0.5, 0.6) is 0 Å². The van der Waals surface area contributed by atoms with Gasteiger partial charge in [0.15, 0.2) is 5.70 Å². The van der Waals surface area contributed by atoms with Gasteiger partial charge in [-0.1, -0.05) is 54.6 Å². The fourth-order valence-corrected chi connectivity index (χ4v) is 2.69. The van der Waals surface area contributed by atoms with Gasteiger partial charge in [-0.3, -0.25) is 0 Å². The second kappa shape index (κ2) is 6.76. The molecule has 0 saturated heterocycles. The summed E-state index contributed by atoms with van der Waals surface area (Å²) in [4.78, 5) is 16.3. The highest BCUT2D eigenvalue weighted by Gasteiger charge is 2.24. The van der Waals surface area contributed by atoms with Gasteiger partial charge in [0.25, 0.3) is 0 Å². The first-order chi connectivity index (χ1) is 12.7. The van der Waals surface area contributed by atoms with Gasteiger partial charge in [0, 0.05) is 5.56 Å². The fraction of sp³-hybridized carbons (Fsp3) is 0. The van der Waals surface area contributed by atoms with Crippen LogP contribution in [0.3, 0.4) is 0 Å². The maximum Gasteiger partial charge on any atom is 0.363 e. The van der Waals surface area contributed by atoms with Gasteiger partial charge in [-0.05, 0) is 47.0 Å². The predicted molar refractivity (Wildman–Crippen MR) is 98.9 cm³/mol. The maximum atomic E-state index is 13.0. The van der Waals surface area contributed by atoms with Crippen LogP contribution in [-0.4, -0.2) is 11.9 Å². The molecule has 0 aromatic heterocycles. The number of rotatable bonds is 3. The minimum absolute atomic E-state index is 0.193. The molecule has 0 saturated carbocycles. The summed E-state index contributed by atoms with van der Waals surface area (Å²) in [6.07, 6.45) is 1.58. The van der Waals surface area contributed by atoms with Crippen LogP contribution in [0.1, 0.15) is 11.1 Å². The Morgan fingerprint density at radius 2 is 1.38 bits per heavy atom. The summed E-state index contributed by atoms with van der Waals surface area (Å²) in [5.41, 5.74) is 3.78. The minimum atomic E-state index is -0.517. The molecule has 26 heavy (non-hydrogen) atoms. The molecule has 0 unspecified atom stereocenters. The molecule has 0 N–H and O–H groups in total. The van der Waals surface area contributed by atoms with Crippen LogP contribution < -0.4 is 0 Å². The van der Waals surface area contributed by atoms with Crippen molar-refractivity contribution in [2.45, 2.75) is 0 Å². The lowest BCUT2D eigenvalue weighted by atomic mass is 10.0. The molecule has 0 aliphatic carbocycles. The van der Waals surface area contributed by atoms with Gasteiger partial charge in [-0.15, -0.1) is 0 Å². The number of hydrogen-bond acceptors (Lipinski definition) is 3. The number of hydrogen-bond donors (Lipinski definition) is 0. The van der Waals surface area contributed by atoms with E-state index in [0.717, 1.165) is 16.7 Å². The SMILES string of the molecule is O=C1OC(c2ccc(-c3ccccc3)cc2)=NC1=Cc1ccc(F)cc1. The second-order valence-corrected chi connectivity index (χ2v) is 5.83. The van der Waals surface area contributed by atoms with Gasteiger partial charge in [0.2, 0.25) is 5.90 Å². The Morgan fingerprint density at radius 1 is 0.769 bits per heavy atom. The molecular formula is C22H14FNO2. The van der Waals surface area contributed by atoms with E-state index in [0.29, 0.717) is 5.56 Å². The number of cyclic esters (lactones) is 1. The second-order valence-electron chi connectivity index (χ2n) is 5.83. The highest BCUT2D eigenvalue weighted by molar-refractivity contribution is 6.12. The molecular weight excluding hydrogens is 329 g/mol. The van der Waals surface area contributed by atoms with E-state index in [1.807, 2.05) is 54.6 Å². The number of ether oxygens (including phenoxy) is 1. The Kier molecular flexibility index (Phi) is 4.15. The van der Waals surface area contributed by atoms with Crippen LogP contribution in [0.25, 0.3) is 17.2 Å². The van der Waals surface area contributed by atoms with E-state index in [1.54, 1.807) is 18.2 Å². The lowest BCUT2D eigenvalue weighted by molar-refractivity contribution is -0.129. The number of benzene rings is 3. The third-order valence-electron chi connectivity index (χ3n) is 4.03. The molecule has 0 fully saturated rings. The van der Waals surface area contributed by atoms with Crippen LogP contribution in [-0.2, 0) is 9.53 Å². The van der Waals surface area contributed by atoms with Gasteiger partial charge in [0.05, 0.1) is 0 Å². The standard InChI is InChI=1S/C22H14FNO2/c23-19-12-6-15(7-13-19)14-20-22(25)26-21(24-20)18-10-8-17(9-11-18)16-4-2-1-3-5-16/h1-14H. The zero-order chi connectivity index (χ0) is 17.9. The molecule has 3 aromatic rings. The van der Waals surface area contributed by atoms with Crippen molar-refractivity contribution < 1.29 is 13.9 Å². The Hall–Kier alpha value is -3.53. The molecule has 126 valence electrons. The van der Waals surface area contributed by atoms with Crippen molar-refractivity contribution in [1.29, 1.82) is 0 Å². The predicted octanol–water partition coefficient (Wildman–Crippen LogP) is 4.84. The summed E-state index contributed by atoms with van der Waals surface area (Å²) >= 11 is 0. The normalized spacial score (nSPS) is 15.0. The van der Waals surface area contributed by atoms with Crippen molar-refractivity contribution in [1.82, 2.24) is 0 Å². The first kappa shape index (κ1) is 16.0. The van der Waals surface area contributed by atoms with Crippen LogP contribution >= 0.6 is 0 Å². The summed E-state index contributed by atoms with van der Waals surface area (Å²) in [6.45, 7) is 0. The summed E-state index contributed by atoms with van der Waals surface area (Å²) in [5, 5.41) is 0. The molecule has 1 heterocycles. The molecule has 1 aliphatic rings. The lowest BCUT2D eigenvalue weighted by Gasteiger charge is -2.03. The molecule has 1 aliphatic heterocycles. The van der Waals surface area contributed by atoms with Crippen molar-refractivity contribution in [2.75, 3.05) is 0 Å². The third-order valence-corrected chi connectivity index (χ3v) is 4.03. The Morgan fingerprint density at radius 3 is 2.08 bits per heavy atom. The van der Waals surface area contributed by atoms with E-state index in [2.05, 4.69) is 4.99 Å². The van der Waals surface area contributed by atoms with E-state index in [9.17, 15) is 9.18 Å². The lowest BCUT2D eigenvalue weighted by Crippen LogP contribution is -2.05. The fourth-order valence-electron chi connectivity index (χ4n) is 2.69. The molecule has 0 amide bonds. The van der Waals surface area contributed by atoms with Crippen LogP contribution in [0.15, 0.2) is 89.6 Å². The quantitative estimate of drug-likeness (QED) is 0.504. The van der Waals surface area contributed by atoms with Crippen molar-refractivity contribution in [2.24, 2.45) is 4.99 Å². The van der Waals surface area contributed by atoms with Crippen LogP contribution in [0, 0.1) is 5.82 Å². The third kappa shape index (κ3) is 3.30. The van der Waals surface area contributed by atoms with E-state index in [1.165, 1.54) is 12.1 Å². The van der Waals surface area contributed by atoms with Crippen molar-refractivity contribution in [3.8, 4) is 11.1 Å². The molecule has 0 bridgehead atoms. The molecule has 0 radical (unpaired) electrons. The average Bonchev–Trinajstić information content (AvgIpc) is 3.05. The molecule has 0 spiro atoms. The van der Waals surface area contributed by atoms with E-state index in [-0.39, 0.29) is 17.4 Å². The van der Waals surface area contributed by atoms with E-state index < -0.39 is 5.97 Å². The van der Waals surface area contributed by atoms with Crippen LogP contribution in [0.2, 0.25) is 0 Å². The van der Waals surface area contributed by atoms with Crippen molar-refractivity contribution in [3.05, 3.63) is 102 Å². The van der Waals surface area contributed by atoms with Gasteiger partial charge in [-0.25, -0.2) is 14.2 Å². The molecule has 4 rings (SSSR count).